The molecule has 1 fully saturated rings. The van der Waals surface area contributed by atoms with E-state index < -0.39 is 23.8 Å². The zero-order valence-corrected chi connectivity index (χ0v) is 14.3. The number of thiophene rings is 1. The highest BCUT2D eigenvalue weighted by Gasteiger charge is 2.43. The summed E-state index contributed by atoms with van der Waals surface area (Å²) in [4.78, 5) is 27.5. The van der Waals surface area contributed by atoms with Crippen LogP contribution in [0.2, 0.25) is 5.02 Å². The van der Waals surface area contributed by atoms with E-state index in [2.05, 4.69) is 0 Å². The minimum absolute atomic E-state index is 0.0389. The van der Waals surface area contributed by atoms with Crippen LogP contribution in [0, 0.1) is 5.82 Å². The van der Waals surface area contributed by atoms with E-state index in [0.717, 1.165) is 22.3 Å². The number of amides is 2. The topological polar surface area (TPSA) is 60.9 Å². The van der Waals surface area contributed by atoms with E-state index in [0.29, 0.717) is 9.94 Å². The Bertz CT molecular complexity index is 790. The molecule has 0 bridgehead atoms. The summed E-state index contributed by atoms with van der Waals surface area (Å²) in [5.74, 6) is -2.14. The van der Waals surface area contributed by atoms with E-state index in [4.69, 9.17) is 11.6 Å². The summed E-state index contributed by atoms with van der Waals surface area (Å²) in [6.07, 6.45) is -0.185. The Morgan fingerprint density at radius 3 is 2.79 bits per heavy atom. The smallest absolute Gasteiger partial charge is 0.267 e. The van der Waals surface area contributed by atoms with Crippen LogP contribution in [0.15, 0.2) is 30.3 Å². The number of hydroxylamine groups is 2. The van der Waals surface area contributed by atoms with Gasteiger partial charge in [-0.1, -0.05) is 24.6 Å². The Morgan fingerprint density at radius 1 is 1.42 bits per heavy atom. The van der Waals surface area contributed by atoms with Crippen LogP contribution in [0.5, 0.6) is 0 Å². The first-order valence-electron chi connectivity index (χ1n) is 7.28. The monoisotopic (exact) mass is 368 g/mol. The maximum absolute atomic E-state index is 14.0. The van der Waals surface area contributed by atoms with E-state index in [1.807, 2.05) is 13.0 Å². The SMILES string of the molecule is CCc1ccc(C2N(O)C(=O)CN2C(=O)c2c(F)cccc2Cl)s1. The van der Waals surface area contributed by atoms with E-state index in [9.17, 15) is 19.2 Å². The first-order chi connectivity index (χ1) is 11.4. The third kappa shape index (κ3) is 2.79. The molecule has 1 aromatic carbocycles. The highest BCUT2D eigenvalue weighted by molar-refractivity contribution is 7.12. The van der Waals surface area contributed by atoms with Crippen molar-refractivity contribution in [1.82, 2.24) is 9.96 Å². The van der Waals surface area contributed by atoms with Crippen molar-refractivity contribution in [3.63, 3.8) is 0 Å². The molecule has 2 amide bonds. The van der Waals surface area contributed by atoms with Gasteiger partial charge in [0.2, 0.25) is 0 Å². The average Bonchev–Trinajstić information content (AvgIpc) is 3.12. The summed E-state index contributed by atoms with van der Waals surface area (Å²) in [5.41, 5.74) is -0.306. The molecule has 2 heterocycles. The van der Waals surface area contributed by atoms with Crippen molar-refractivity contribution in [2.24, 2.45) is 0 Å². The highest BCUT2D eigenvalue weighted by atomic mass is 35.5. The van der Waals surface area contributed by atoms with Crippen LogP contribution in [-0.2, 0) is 11.2 Å². The molecule has 5 nitrogen and oxygen atoms in total. The number of nitrogens with zero attached hydrogens (tertiary/aromatic N) is 2. The molecule has 1 saturated heterocycles. The second-order valence-electron chi connectivity index (χ2n) is 5.30. The molecule has 0 spiro atoms. The number of carbonyl (C=O) groups excluding carboxylic acids is 2. The van der Waals surface area contributed by atoms with Gasteiger partial charge in [0.15, 0.2) is 6.17 Å². The van der Waals surface area contributed by atoms with Gasteiger partial charge in [-0.05, 0) is 30.7 Å². The van der Waals surface area contributed by atoms with Gasteiger partial charge in [0.05, 0.1) is 15.5 Å². The van der Waals surface area contributed by atoms with Crippen LogP contribution >= 0.6 is 22.9 Å². The lowest BCUT2D eigenvalue weighted by Gasteiger charge is -2.25. The quantitative estimate of drug-likeness (QED) is 0.844. The molecule has 0 radical (unpaired) electrons. The number of aryl methyl sites for hydroxylation is 1. The van der Waals surface area contributed by atoms with Gasteiger partial charge >= 0.3 is 0 Å². The highest BCUT2D eigenvalue weighted by Crippen LogP contribution is 2.36. The standard InChI is InChI=1S/C16H14ClFN2O3S/c1-2-9-6-7-12(24-9)15-19(8-13(21)20(15)23)16(22)14-10(17)4-3-5-11(14)18/h3-7,15,23H,2,8H2,1H3. The van der Waals surface area contributed by atoms with E-state index in [1.165, 1.54) is 23.5 Å². The summed E-state index contributed by atoms with van der Waals surface area (Å²) in [6, 6.07) is 7.55. The molecule has 1 aliphatic heterocycles. The van der Waals surface area contributed by atoms with Gasteiger partial charge in [0, 0.05) is 4.88 Å². The number of hydrogen-bond acceptors (Lipinski definition) is 4. The minimum Gasteiger partial charge on any atom is -0.302 e. The van der Waals surface area contributed by atoms with Crippen LogP contribution in [0.3, 0.4) is 0 Å². The predicted octanol–water partition coefficient (Wildman–Crippen LogP) is 3.48. The van der Waals surface area contributed by atoms with E-state index in [-0.39, 0.29) is 17.1 Å². The van der Waals surface area contributed by atoms with Gasteiger partial charge < -0.3 is 4.90 Å². The Morgan fingerprint density at radius 2 is 2.17 bits per heavy atom. The second kappa shape index (κ2) is 6.51. The normalized spacial score (nSPS) is 17.7. The number of benzene rings is 1. The molecular weight excluding hydrogens is 355 g/mol. The molecule has 1 N–H and O–H groups in total. The lowest BCUT2D eigenvalue weighted by atomic mass is 10.1. The fraction of sp³-hybridized carbons (Fsp3) is 0.250. The Hall–Kier alpha value is -1.96. The van der Waals surface area contributed by atoms with Gasteiger partial charge in [-0.2, -0.15) is 5.06 Å². The summed E-state index contributed by atoms with van der Waals surface area (Å²) < 4.78 is 14.0. The fourth-order valence-corrected chi connectivity index (χ4v) is 3.89. The summed E-state index contributed by atoms with van der Waals surface area (Å²) in [5, 5.41) is 10.5. The minimum atomic E-state index is -0.981. The number of rotatable bonds is 3. The number of hydrogen-bond donors (Lipinski definition) is 1. The third-order valence-corrected chi connectivity index (χ3v) is 5.40. The summed E-state index contributed by atoms with van der Waals surface area (Å²) >= 11 is 7.34. The van der Waals surface area contributed by atoms with Crippen LogP contribution in [0.25, 0.3) is 0 Å². The van der Waals surface area contributed by atoms with Gasteiger partial charge in [-0.25, -0.2) is 4.39 Å². The van der Waals surface area contributed by atoms with Crippen LogP contribution in [0.1, 0.15) is 33.2 Å². The molecule has 8 heteroatoms. The number of carbonyl (C=O) groups is 2. The Labute approximate surface area is 146 Å². The molecule has 1 unspecified atom stereocenters. The van der Waals surface area contributed by atoms with Gasteiger partial charge in [0.25, 0.3) is 11.8 Å². The Kier molecular flexibility index (Phi) is 4.58. The first-order valence-corrected chi connectivity index (χ1v) is 8.48. The van der Waals surface area contributed by atoms with Crippen LogP contribution < -0.4 is 0 Å². The fourth-order valence-electron chi connectivity index (χ4n) is 2.60. The van der Waals surface area contributed by atoms with E-state index >= 15 is 0 Å². The zero-order chi connectivity index (χ0) is 17.4. The summed E-state index contributed by atoms with van der Waals surface area (Å²) in [7, 11) is 0. The number of halogens is 2. The van der Waals surface area contributed by atoms with Gasteiger partial charge in [0.1, 0.15) is 12.4 Å². The average molecular weight is 369 g/mol. The second-order valence-corrected chi connectivity index (χ2v) is 6.91. The molecule has 1 atom stereocenters. The first kappa shape index (κ1) is 16.9. The van der Waals surface area contributed by atoms with Crippen molar-refractivity contribution in [2.75, 3.05) is 6.54 Å². The molecule has 0 aliphatic carbocycles. The van der Waals surface area contributed by atoms with Crippen molar-refractivity contribution in [3.8, 4) is 0 Å². The van der Waals surface area contributed by atoms with Crippen molar-refractivity contribution in [3.05, 3.63) is 56.5 Å². The van der Waals surface area contributed by atoms with E-state index in [1.54, 1.807) is 6.07 Å². The van der Waals surface area contributed by atoms with Gasteiger partial charge in [-0.3, -0.25) is 14.8 Å². The predicted molar refractivity (Wildman–Crippen MR) is 87.5 cm³/mol. The molecular formula is C16H14ClFN2O3S. The summed E-state index contributed by atoms with van der Waals surface area (Å²) in [6.45, 7) is 1.64. The van der Waals surface area contributed by atoms with Crippen LogP contribution in [0.4, 0.5) is 4.39 Å². The van der Waals surface area contributed by atoms with Gasteiger partial charge in [-0.15, -0.1) is 11.3 Å². The lowest BCUT2D eigenvalue weighted by molar-refractivity contribution is -0.168. The maximum Gasteiger partial charge on any atom is 0.267 e. The third-order valence-electron chi connectivity index (χ3n) is 3.81. The zero-order valence-electron chi connectivity index (χ0n) is 12.7. The molecule has 0 saturated carbocycles. The van der Waals surface area contributed by atoms with Crippen molar-refractivity contribution >= 4 is 34.8 Å². The molecule has 3 rings (SSSR count). The molecule has 24 heavy (non-hydrogen) atoms. The molecule has 126 valence electrons. The van der Waals surface area contributed by atoms with Crippen molar-refractivity contribution in [2.45, 2.75) is 19.5 Å². The Balaban J connectivity index is 2.01. The molecule has 1 aliphatic rings. The van der Waals surface area contributed by atoms with Crippen molar-refractivity contribution < 1.29 is 19.2 Å². The largest absolute Gasteiger partial charge is 0.302 e. The molecule has 2 aromatic rings. The maximum atomic E-state index is 14.0. The lowest BCUT2D eigenvalue weighted by Crippen LogP contribution is -2.34. The van der Waals surface area contributed by atoms with Crippen molar-refractivity contribution in [1.29, 1.82) is 0 Å². The van der Waals surface area contributed by atoms with Crippen LogP contribution in [-0.4, -0.2) is 33.5 Å². The molecule has 1 aromatic heterocycles.